The van der Waals surface area contributed by atoms with Gasteiger partial charge in [-0.15, -0.1) is 0 Å². The van der Waals surface area contributed by atoms with Crippen molar-refractivity contribution in [2.75, 3.05) is 32.7 Å². The number of hydrogen-bond donors (Lipinski definition) is 2. The summed E-state index contributed by atoms with van der Waals surface area (Å²) in [6.45, 7) is 27.4. The number of carboxylic acids is 1. The van der Waals surface area contributed by atoms with Crippen LogP contribution in [0.4, 0.5) is 0 Å². The monoisotopic (exact) mass is 787 g/mol. The van der Waals surface area contributed by atoms with Gasteiger partial charge in [-0.1, -0.05) is 83.9 Å². The number of ether oxygens (including phenoxy) is 1. The van der Waals surface area contributed by atoms with Gasteiger partial charge in [0.1, 0.15) is 6.10 Å². The zero-order chi connectivity index (χ0) is 41.5. The minimum atomic E-state index is -1.16. The molecule has 1 aromatic carbocycles. The van der Waals surface area contributed by atoms with Gasteiger partial charge < -0.3 is 14.9 Å². The summed E-state index contributed by atoms with van der Waals surface area (Å²) in [5.74, 6) is 0.167. The summed E-state index contributed by atoms with van der Waals surface area (Å²) >= 11 is 0. The zero-order valence-corrected chi connectivity index (χ0v) is 37.0. The van der Waals surface area contributed by atoms with Gasteiger partial charge in [-0.3, -0.25) is 24.2 Å². The van der Waals surface area contributed by atoms with Gasteiger partial charge in [-0.2, -0.15) is 0 Å². The molecule has 2 N–H and O–H groups in total. The molecule has 0 radical (unpaired) electrons. The molecule has 1 aromatic rings. The number of piperazine rings is 1. The molecule has 57 heavy (non-hydrogen) atoms. The molecule has 7 rings (SSSR count). The van der Waals surface area contributed by atoms with Crippen molar-refractivity contribution in [3.8, 4) is 0 Å². The zero-order valence-electron chi connectivity index (χ0n) is 37.0. The maximum absolute atomic E-state index is 14.2. The highest BCUT2D eigenvalue weighted by Gasteiger charge is 2.71. The largest absolute Gasteiger partial charge is 0.481 e. The number of esters is 1. The van der Waals surface area contributed by atoms with Crippen molar-refractivity contribution in [1.29, 1.82) is 0 Å². The van der Waals surface area contributed by atoms with E-state index in [1.807, 2.05) is 0 Å². The molecular weight excluding hydrogens is 713 g/mol. The van der Waals surface area contributed by atoms with Crippen molar-refractivity contribution in [1.82, 2.24) is 9.80 Å². The Morgan fingerprint density at radius 1 is 0.860 bits per heavy atom. The number of hydrogen-bond acceptors (Lipinski definition) is 7. The number of ketones is 1. The number of β-amino-alcohol motifs (C(OH)–C–C–N with tert-alkyl or cyclic N) is 1. The molecular formula is C49H74N2O6. The van der Waals surface area contributed by atoms with Crippen LogP contribution in [0.3, 0.4) is 0 Å². The van der Waals surface area contributed by atoms with Gasteiger partial charge in [-0.05, 0) is 123 Å². The first-order valence-corrected chi connectivity index (χ1v) is 22.5. The molecule has 8 heteroatoms. The van der Waals surface area contributed by atoms with Gasteiger partial charge in [0.2, 0.25) is 0 Å². The van der Waals surface area contributed by atoms with Crippen LogP contribution in [0.5, 0.6) is 0 Å². The van der Waals surface area contributed by atoms with Crippen LogP contribution in [0.1, 0.15) is 138 Å². The maximum atomic E-state index is 14.2. The molecule has 0 amide bonds. The topological polar surface area (TPSA) is 107 Å². The number of aryl methyl sites for hydroxylation is 1. The van der Waals surface area contributed by atoms with Crippen LogP contribution in [0.25, 0.3) is 0 Å². The second-order valence-corrected chi connectivity index (χ2v) is 22.1. The first kappa shape index (κ1) is 42.6. The summed E-state index contributed by atoms with van der Waals surface area (Å²) in [7, 11) is 0. The number of carbonyl (C=O) groups excluding carboxylic acids is 2. The number of carboxylic acid groups (broad SMARTS) is 1. The summed E-state index contributed by atoms with van der Waals surface area (Å²) < 4.78 is 6.20. The highest BCUT2D eigenvalue weighted by molar-refractivity contribution is 6.00. The van der Waals surface area contributed by atoms with E-state index in [4.69, 9.17) is 4.74 Å². The van der Waals surface area contributed by atoms with E-state index in [1.165, 1.54) is 16.7 Å². The van der Waals surface area contributed by atoms with Crippen LogP contribution in [-0.4, -0.2) is 82.7 Å². The Balaban J connectivity index is 1.10. The Morgan fingerprint density at radius 2 is 1.51 bits per heavy atom. The fourth-order valence-electron chi connectivity index (χ4n) is 14.4. The van der Waals surface area contributed by atoms with E-state index < -0.39 is 28.9 Å². The van der Waals surface area contributed by atoms with Gasteiger partial charge in [0.25, 0.3) is 0 Å². The van der Waals surface area contributed by atoms with Gasteiger partial charge in [-0.25, -0.2) is 0 Å². The number of benzene rings is 1. The van der Waals surface area contributed by atoms with E-state index in [9.17, 15) is 24.6 Å². The molecule has 6 aliphatic rings. The van der Waals surface area contributed by atoms with Crippen molar-refractivity contribution in [3.63, 3.8) is 0 Å². The highest BCUT2D eigenvalue weighted by Crippen LogP contribution is 2.77. The van der Waals surface area contributed by atoms with E-state index in [2.05, 4.69) is 89.5 Å². The van der Waals surface area contributed by atoms with Gasteiger partial charge in [0, 0.05) is 56.5 Å². The molecule has 0 aromatic heterocycles. The van der Waals surface area contributed by atoms with Gasteiger partial charge >= 0.3 is 11.9 Å². The van der Waals surface area contributed by atoms with Crippen LogP contribution in [-0.2, 0) is 25.7 Å². The molecule has 1 aliphatic heterocycles. The maximum Gasteiger partial charge on any atom is 0.309 e. The predicted octanol–water partition coefficient (Wildman–Crippen LogP) is 8.87. The molecule has 9 atom stereocenters. The number of rotatable bonds is 10. The second kappa shape index (κ2) is 14.9. The van der Waals surface area contributed by atoms with Crippen molar-refractivity contribution >= 4 is 17.7 Å². The molecule has 8 nitrogen and oxygen atoms in total. The van der Waals surface area contributed by atoms with Crippen LogP contribution in [0, 0.1) is 63.1 Å². The van der Waals surface area contributed by atoms with Crippen molar-refractivity contribution in [2.24, 2.45) is 56.2 Å². The number of aliphatic hydroxyl groups is 1. The Kier molecular flexibility index (Phi) is 11.1. The fraction of sp³-hybridized carbons (Fsp3) is 0.776. The first-order chi connectivity index (χ1) is 26.6. The minimum absolute atomic E-state index is 0.00465. The van der Waals surface area contributed by atoms with E-state index in [0.717, 1.165) is 89.7 Å². The number of aliphatic hydroxyl groups excluding tert-OH is 1. The number of Topliss-reactive ketones (excluding diaryl/α,β-unsaturated/α-hetero) is 1. The normalized spacial score (nSPS) is 37.6. The Morgan fingerprint density at radius 3 is 2.14 bits per heavy atom. The first-order valence-electron chi connectivity index (χ1n) is 22.5. The lowest BCUT2D eigenvalue weighted by Crippen LogP contribution is -2.66. The molecule has 5 fully saturated rings. The third-order valence-electron chi connectivity index (χ3n) is 17.9. The van der Waals surface area contributed by atoms with E-state index >= 15 is 0 Å². The van der Waals surface area contributed by atoms with Crippen molar-refractivity contribution in [2.45, 2.75) is 152 Å². The Bertz CT molecular complexity index is 1760. The average Bonchev–Trinajstić information content (AvgIpc) is 3.44. The van der Waals surface area contributed by atoms with E-state index in [1.54, 1.807) is 13.8 Å². The summed E-state index contributed by atoms with van der Waals surface area (Å²) in [5, 5.41) is 22.2. The smallest absolute Gasteiger partial charge is 0.309 e. The lowest BCUT2D eigenvalue weighted by atomic mass is 9.33. The predicted molar refractivity (Wildman–Crippen MR) is 224 cm³/mol. The van der Waals surface area contributed by atoms with Gasteiger partial charge in [0.15, 0.2) is 5.78 Å². The lowest BCUT2D eigenvalue weighted by Gasteiger charge is -2.72. The third-order valence-corrected chi connectivity index (χ3v) is 17.9. The van der Waals surface area contributed by atoms with Crippen LogP contribution in [0.15, 0.2) is 35.4 Å². The standard InChI is InChI=1S/C49H74N2O6/c1-31(2)41-35(52)27-49(38(53)30-51-25-23-50(24-26-51)29-33-13-11-32(3)12-14-33)22-21-47(9)34(42(41)49)15-16-37-46(8)19-18-39(57-40(54)28-44(4,5)43(55)56)45(6,7)36(46)17-20-48(37,47)10/h11-14,31,34,36-39,53H,15-30H2,1-10H3,(H,55,56)/t34?,36-,37+,38?,39-,46-,47+,48+,49-/m0/s1. The molecule has 1 heterocycles. The summed E-state index contributed by atoms with van der Waals surface area (Å²) in [5.41, 5.74) is 3.27. The molecule has 5 aliphatic carbocycles. The fourth-order valence-corrected chi connectivity index (χ4v) is 14.4. The average molecular weight is 787 g/mol. The van der Waals surface area contributed by atoms with Gasteiger partial charge in [0.05, 0.1) is 17.9 Å². The van der Waals surface area contributed by atoms with Crippen LogP contribution >= 0.6 is 0 Å². The van der Waals surface area contributed by atoms with E-state index in [-0.39, 0.29) is 51.8 Å². The van der Waals surface area contributed by atoms with Crippen LogP contribution in [0.2, 0.25) is 0 Å². The van der Waals surface area contributed by atoms with E-state index in [0.29, 0.717) is 24.8 Å². The number of carbonyl (C=O) groups is 3. The summed E-state index contributed by atoms with van der Waals surface area (Å²) in [6.07, 6.45) is 7.50. The highest BCUT2D eigenvalue weighted by atomic mass is 16.5. The Hall–Kier alpha value is -2.55. The molecule has 0 bridgehead atoms. The quantitative estimate of drug-likeness (QED) is 0.227. The SMILES string of the molecule is Cc1ccc(CN2CCN(CC(O)[C@@]34CC[C@]5(C)C(CC[C@@H]6[C@@]7(C)CC[C@H](OC(=O)CC(C)(C)C(=O)O)C(C)(C)[C@@H]7CC[C@]65C)C3=C(C(C)C)C(=O)C4)CC2)cc1. The summed E-state index contributed by atoms with van der Waals surface area (Å²) in [6, 6.07) is 8.85. The lowest BCUT2D eigenvalue weighted by molar-refractivity contribution is -0.235. The second-order valence-electron chi connectivity index (χ2n) is 22.1. The number of fused-ring (bicyclic) bond motifs is 7. The molecule has 4 saturated carbocycles. The number of allylic oxidation sites excluding steroid dienone is 1. The Labute approximate surface area is 343 Å². The minimum Gasteiger partial charge on any atom is -0.481 e. The number of aliphatic carboxylic acids is 1. The molecule has 1 saturated heterocycles. The summed E-state index contributed by atoms with van der Waals surface area (Å²) in [4.78, 5) is 44.2. The molecule has 0 spiro atoms. The van der Waals surface area contributed by atoms with Crippen molar-refractivity contribution < 1.29 is 29.3 Å². The third kappa shape index (κ3) is 6.97. The van der Waals surface area contributed by atoms with Crippen molar-refractivity contribution in [3.05, 3.63) is 46.5 Å². The number of nitrogens with zero attached hydrogens (tertiary/aromatic N) is 2. The van der Waals surface area contributed by atoms with Crippen LogP contribution < -0.4 is 0 Å². The molecule has 2 unspecified atom stereocenters. The molecule has 316 valence electrons.